The van der Waals surface area contributed by atoms with Crippen molar-refractivity contribution in [2.24, 2.45) is 5.92 Å². The summed E-state index contributed by atoms with van der Waals surface area (Å²) in [5.41, 5.74) is -0.622. The molecule has 132 valence electrons. The van der Waals surface area contributed by atoms with Gasteiger partial charge in [-0.15, -0.1) is 0 Å². The van der Waals surface area contributed by atoms with E-state index in [2.05, 4.69) is 12.2 Å². The van der Waals surface area contributed by atoms with Crippen LogP contribution in [0.15, 0.2) is 12.2 Å². The Kier molecular flexibility index (Phi) is 7.06. The monoisotopic (exact) mass is 326 g/mol. The lowest BCUT2D eigenvalue weighted by atomic mass is 9.81. The SMILES string of the molecule is C/C=C\[C@@H]1CCN(C(=O)O)[C@H]1[C@@H](NC(C)=O)[C@](C)(CCC)OC. The average molecular weight is 326 g/mol. The van der Waals surface area contributed by atoms with Crippen LogP contribution in [0.2, 0.25) is 0 Å². The second-order valence-corrected chi connectivity index (χ2v) is 6.39. The second-order valence-electron chi connectivity index (χ2n) is 6.39. The Morgan fingerprint density at radius 1 is 1.52 bits per heavy atom. The number of hydrogen-bond donors (Lipinski definition) is 2. The lowest BCUT2D eigenvalue weighted by Crippen LogP contribution is -2.62. The van der Waals surface area contributed by atoms with Crippen LogP contribution in [-0.4, -0.2) is 53.3 Å². The number of carbonyl (C=O) groups is 2. The van der Waals surface area contributed by atoms with Gasteiger partial charge in [-0.2, -0.15) is 0 Å². The summed E-state index contributed by atoms with van der Waals surface area (Å²) in [5, 5.41) is 12.5. The van der Waals surface area contributed by atoms with E-state index in [9.17, 15) is 14.7 Å². The smallest absolute Gasteiger partial charge is 0.407 e. The molecule has 0 aromatic rings. The molecule has 1 heterocycles. The Balaban J connectivity index is 3.28. The predicted molar refractivity (Wildman–Crippen MR) is 89.4 cm³/mol. The fourth-order valence-electron chi connectivity index (χ4n) is 3.65. The first-order valence-electron chi connectivity index (χ1n) is 8.25. The highest BCUT2D eigenvalue weighted by molar-refractivity contribution is 5.74. The fraction of sp³-hybridized carbons (Fsp3) is 0.765. The molecule has 23 heavy (non-hydrogen) atoms. The fourth-order valence-corrected chi connectivity index (χ4v) is 3.65. The molecule has 1 aliphatic heterocycles. The van der Waals surface area contributed by atoms with Crippen molar-refractivity contribution in [3.05, 3.63) is 12.2 Å². The van der Waals surface area contributed by atoms with Gasteiger partial charge < -0.3 is 20.1 Å². The zero-order valence-corrected chi connectivity index (χ0v) is 14.8. The van der Waals surface area contributed by atoms with E-state index in [-0.39, 0.29) is 17.9 Å². The molecule has 2 amide bonds. The molecule has 0 radical (unpaired) electrons. The summed E-state index contributed by atoms with van der Waals surface area (Å²) < 4.78 is 5.75. The molecule has 1 rings (SSSR count). The van der Waals surface area contributed by atoms with E-state index in [0.717, 1.165) is 19.3 Å². The first-order valence-corrected chi connectivity index (χ1v) is 8.25. The standard InChI is InChI=1S/C17H30N2O4/c1-6-8-13-9-11-19(16(21)22)14(13)15(18-12(3)20)17(4,23-5)10-7-2/h6,8,13-15H,7,9-11H2,1-5H3,(H,18,20)(H,21,22)/b8-6-/t13-,14-,15-,17+/m1/s1. The average Bonchev–Trinajstić information content (AvgIpc) is 2.88. The number of allylic oxidation sites excluding steroid dienone is 1. The van der Waals surface area contributed by atoms with Gasteiger partial charge in [-0.1, -0.05) is 25.5 Å². The van der Waals surface area contributed by atoms with Crippen LogP contribution in [-0.2, 0) is 9.53 Å². The topological polar surface area (TPSA) is 78.9 Å². The molecular formula is C17H30N2O4. The van der Waals surface area contributed by atoms with Crippen LogP contribution >= 0.6 is 0 Å². The number of nitrogens with one attached hydrogen (secondary N) is 1. The second kappa shape index (κ2) is 8.34. The van der Waals surface area contributed by atoms with E-state index in [4.69, 9.17) is 4.74 Å². The number of hydrogen-bond acceptors (Lipinski definition) is 3. The van der Waals surface area contributed by atoms with Gasteiger partial charge in [0.2, 0.25) is 5.91 Å². The molecule has 1 fully saturated rings. The maximum absolute atomic E-state index is 11.8. The van der Waals surface area contributed by atoms with Gasteiger partial charge in [-0.3, -0.25) is 4.79 Å². The van der Waals surface area contributed by atoms with Crippen LogP contribution in [0.1, 0.15) is 47.0 Å². The number of methoxy groups -OCH3 is 1. The van der Waals surface area contributed by atoms with E-state index in [1.165, 1.54) is 11.8 Å². The maximum Gasteiger partial charge on any atom is 0.407 e. The molecule has 0 unspecified atom stereocenters. The van der Waals surface area contributed by atoms with Gasteiger partial charge in [0.25, 0.3) is 0 Å². The van der Waals surface area contributed by atoms with Crippen molar-refractivity contribution in [3.63, 3.8) is 0 Å². The van der Waals surface area contributed by atoms with Gasteiger partial charge in [0.05, 0.1) is 17.7 Å². The maximum atomic E-state index is 11.8. The Labute approximate surface area is 138 Å². The molecule has 0 aromatic heterocycles. The zero-order valence-electron chi connectivity index (χ0n) is 14.8. The number of likely N-dealkylation sites (tertiary alicyclic amines) is 1. The first-order chi connectivity index (χ1) is 10.8. The minimum absolute atomic E-state index is 0.0688. The van der Waals surface area contributed by atoms with Crippen molar-refractivity contribution < 1.29 is 19.4 Å². The number of ether oxygens (including phenoxy) is 1. The van der Waals surface area contributed by atoms with Gasteiger partial charge in [0.15, 0.2) is 0 Å². The summed E-state index contributed by atoms with van der Waals surface area (Å²) in [6.07, 6.45) is 5.40. The number of amides is 2. The van der Waals surface area contributed by atoms with E-state index in [1.54, 1.807) is 7.11 Å². The van der Waals surface area contributed by atoms with Crippen LogP contribution in [0.25, 0.3) is 0 Å². The largest absolute Gasteiger partial charge is 0.465 e. The molecule has 0 aliphatic carbocycles. The normalized spacial score (nSPS) is 25.3. The zero-order chi connectivity index (χ0) is 17.6. The van der Waals surface area contributed by atoms with Gasteiger partial charge >= 0.3 is 6.09 Å². The van der Waals surface area contributed by atoms with Crippen molar-refractivity contribution in [1.82, 2.24) is 10.2 Å². The summed E-state index contributed by atoms with van der Waals surface area (Å²) in [6, 6.07) is -0.728. The Bertz CT molecular complexity index is 452. The Hall–Kier alpha value is -1.56. The Morgan fingerprint density at radius 2 is 2.17 bits per heavy atom. The van der Waals surface area contributed by atoms with E-state index >= 15 is 0 Å². The quantitative estimate of drug-likeness (QED) is 0.705. The molecule has 2 N–H and O–H groups in total. The van der Waals surface area contributed by atoms with Gasteiger partial charge in [0.1, 0.15) is 0 Å². The number of nitrogens with zero attached hydrogens (tertiary/aromatic N) is 1. The molecule has 6 nitrogen and oxygen atoms in total. The molecule has 6 heteroatoms. The summed E-state index contributed by atoms with van der Waals surface area (Å²) in [5.74, 6) is -0.106. The van der Waals surface area contributed by atoms with Gasteiger partial charge in [-0.05, 0) is 26.7 Å². The summed E-state index contributed by atoms with van der Waals surface area (Å²) in [4.78, 5) is 24.9. The van der Waals surface area contributed by atoms with E-state index < -0.39 is 17.7 Å². The number of carboxylic acid groups (broad SMARTS) is 1. The summed E-state index contributed by atoms with van der Waals surface area (Å²) in [7, 11) is 1.62. The molecule has 4 atom stereocenters. The predicted octanol–water partition coefficient (Wildman–Crippen LogP) is 2.64. The van der Waals surface area contributed by atoms with Crippen LogP contribution in [0, 0.1) is 5.92 Å². The molecule has 1 saturated heterocycles. The highest BCUT2D eigenvalue weighted by atomic mass is 16.5. The third-order valence-corrected chi connectivity index (χ3v) is 4.76. The van der Waals surface area contributed by atoms with Crippen molar-refractivity contribution in [3.8, 4) is 0 Å². The van der Waals surface area contributed by atoms with Crippen LogP contribution in [0.5, 0.6) is 0 Å². The molecular weight excluding hydrogens is 296 g/mol. The van der Waals surface area contributed by atoms with E-state index in [1.807, 2.05) is 26.0 Å². The van der Waals surface area contributed by atoms with Gasteiger partial charge in [-0.25, -0.2) is 4.79 Å². The minimum atomic E-state index is -0.952. The lowest BCUT2D eigenvalue weighted by Gasteiger charge is -2.43. The molecule has 0 saturated carbocycles. The van der Waals surface area contributed by atoms with Crippen molar-refractivity contribution in [2.75, 3.05) is 13.7 Å². The van der Waals surface area contributed by atoms with E-state index in [0.29, 0.717) is 6.54 Å². The van der Waals surface area contributed by atoms with Crippen LogP contribution in [0.4, 0.5) is 4.79 Å². The first kappa shape index (κ1) is 19.5. The Morgan fingerprint density at radius 3 is 2.61 bits per heavy atom. The van der Waals surface area contributed by atoms with Crippen molar-refractivity contribution in [1.29, 1.82) is 0 Å². The third kappa shape index (κ3) is 4.47. The molecule has 0 bridgehead atoms. The number of carbonyl (C=O) groups excluding carboxylic acids is 1. The minimum Gasteiger partial charge on any atom is -0.465 e. The summed E-state index contributed by atoms with van der Waals surface area (Å²) >= 11 is 0. The number of rotatable bonds is 7. The summed E-state index contributed by atoms with van der Waals surface area (Å²) in [6.45, 7) is 7.85. The van der Waals surface area contributed by atoms with Gasteiger partial charge in [0, 0.05) is 26.5 Å². The van der Waals surface area contributed by atoms with Crippen molar-refractivity contribution in [2.45, 2.75) is 64.6 Å². The highest BCUT2D eigenvalue weighted by Crippen LogP contribution is 2.35. The molecule has 1 aliphatic rings. The lowest BCUT2D eigenvalue weighted by molar-refractivity contribution is -0.124. The van der Waals surface area contributed by atoms with Crippen LogP contribution in [0.3, 0.4) is 0 Å². The van der Waals surface area contributed by atoms with Crippen molar-refractivity contribution >= 4 is 12.0 Å². The third-order valence-electron chi connectivity index (χ3n) is 4.76. The van der Waals surface area contributed by atoms with Crippen LogP contribution < -0.4 is 5.32 Å². The molecule has 0 aromatic carbocycles. The highest BCUT2D eigenvalue weighted by Gasteiger charge is 2.48. The molecule has 0 spiro atoms.